The molecule has 3 nitrogen and oxygen atoms in total. The largest absolute Gasteiger partial charge is 0.508 e. The Hall–Kier alpha value is -1.51. The third-order valence-corrected chi connectivity index (χ3v) is 4.69. The lowest BCUT2D eigenvalue weighted by Gasteiger charge is -2.36. The van der Waals surface area contributed by atoms with E-state index in [1.165, 1.54) is 12.0 Å². The molecule has 3 atom stereocenters. The smallest absolute Gasteiger partial charge is 0.431 e. The minimum Gasteiger partial charge on any atom is -0.431 e. The summed E-state index contributed by atoms with van der Waals surface area (Å²) in [5, 5.41) is 0. The highest BCUT2D eigenvalue weighted by molar-refractivity contribution is 5.60. The average Bonchev–Trinajstić information content (AvgIpc) is 2.46. The van der Waals surface area contributed by atoms with Crippen LogP contribution in [0.4, 0.5) is 4.79 Å². The quantitative estimate of drug-likeness (QED) is 0.725. The van der Waals surface area contributed by atoms with Gasteiger partial charge in [0, 0.05) is 0 Å². The van der Waals surface area contributed by atoms with Crippen molar-refractivity contribution >= 4 is 6.16 Å². The zero-order valence-electron chi connectivity index (χ0n) is 14.2. The van der Waals surface area contributed by atoms with E-state index in [2.05, 4.69) is 20.8 Å². The summed E-state index contributed by atoms with van der Waals surface area (Å²) in [4.78, 5) is 12.0. The van der Waals surface area contributed by atoms with Crippen molar-refractivity contribution in [3.8, 4) is 0 Å². The molecule has 0 bridgehead atoms. The van der Waals surface area contributed by atoms with Gasteiger partial charge in [-0.3, -0.25) is 0 Å². The van der Waals surface area contributed by atoms with Gasteiger partial charge < -0.3 is 9.47 Å². The first kappa shape index (κ1) is 16.9. The maximum Gasteiger partial charge on any atom is 0.508 e. The SMILES string of the molecule is Cc1ccc(COC(=O)OC2CC(C)CCC2C(C)C)cc1. The van der Waals surface area contributed by atoms with Crippen LogP contribution in [0.15, 0.2) is 24.3 Å². The molecular weight excluding hydrogens is 276 g/mol. The van der Waals surface area contributed by atoms with Crippen molar-refractivity contribution in [1.29, 1.82) is 0 Å². The maximum atomic E-state index is 12.0. The van der Waals surface area contributed by atoms with E-state index in [4.69, 9.17) is 9.47 Å². The van der Waals surface area contributed by atoms with E-state index in [0.29, 0.717) is 17.8 Å². The van der Waals surface area contributed by atoms with Gasteiger partial charge in [0.15, 0.2) is 0 Å². The van der Waals surface area contributed by atoms with E-state index >= 15 is 0 Å². The summed E-state index contributed by atoms with van der Waals surface area (Å²) in [6.07, 6.45) is 2.76. The van der Waals surface area contributed by atoms with Crippen LogP contribution in [0.5, 0.6) is 0 Å². The highest BCUT2D eigenvalue weighted by atomic mass is 16.7. The lowest BCUT2D eigenvalue weighted by atomic mass is 9.75. The van der Waals surface area contributed by atoms with Gasteiger partial charge in [0.05, 0.1) is 0 Å². The van der Waals surface area contributed by atoms with Crippen molar-refractivity contribution in [2.45, 2.75) is 59.7 Å². The van der Waals surface area contributed by atoms with Crippen molar-refractivity contribution in [1.82, 2.24) is 0 Å². The molecule has 0 radical (unpaired) electrons. The number of carbonyl (C=O) groups is 1. The summed E-state index contributed by atoms with van der Waals surface area (Å²) in [7, 11) is 0. The van der Waals surface area contributed by atoms with Crippen molar-refractivity contribution in [3.05, 3.63) is 35.4 Å². The second-order valence-electron chi connectivity index (χ2n) is 7.01. The molecule has 0 N–H and O–H groups in total. The Kier molecular flexibility index (Phi) is 5.87. The van der Waals surface area contributed by atoms with E-state index in [0.717, 1.165) is 18.4 Å². The monoisotopic (exact) mass is 304 g/mol. The van der Waals surface area contributed by atoms with E-state index in [1.54, 1.807) is 0 Å². The Labute approximate surface area is 134 Å². The molecule has 1 fully saturated rings. The van der Waals surface area contributed by atoms with Crippen molar-refractivity contribution in [2.75, 3.05) is 0 Å². The summed E-state index contributed by atoms with van der Waals surface area (Å²) >= 11 is 0. The lowest BCUT2D eigenvalue weighted by molar-refractivity contribution is -0.0343. The van der Waals surface area contributed by atoms with Crippen LogP contribution in [0.25, 0.3) is 0 Å². The van der Waals surface area contributed by atoms with E-state index in [9.17, 15) is 4.79 Å². The molecule has 1 aromatic rings. The number of hydrogen-bond donors (Lipinski definition) is 0. The fourth-order valence-electron chi connectivity index (χ4n) is 3.23. The van der Waals surface area contributed by atoms with E-state index < -0.39 is 6.16 Å². The van der Waals surface area contributed by atoms with Crippen LogP contribution < -0.4 is 0 Å². The second kappa shape index (κ2) is 7.66. The van der Waals surface area contributed by atoms with Gasteiger partial charge in [-0.15, -0.1) is 0 Å². The molecule has 0 amide bonds. The predicted octanol–water partition coefficient (Wildman–Crippen LogP) is 5.11. The molecule has 122 valence electrons. The molecule has 0 saturated heterocycles. The zero-order chi connectivity index (χ0) is 16.1. The van der Waals surface area contributed by atoms with Gasteiger partial charge >= 0.3 is 6.16 Å². The molecule has 0 aliphatic heterocycles. The number of hydrogen-bond acceptors (Lipinski definition) is 3. The molecule has 1 aliphatic rings. The van der Waals surface area contributed by atoms with Gasteiger partial charge in [0.2, 0.25) is 0 Å². The third-order valence-electron chi connectivity index (χ3n) is 4.69. The first-order chi connectivity index (χ1) is 10.5. The van der Waals surface area contributed by atoms with Gasteiger partial charge in [-0.25, -0.2) is 4.79 Å². The van der Waals surface area contributed by atoms with Crippen molar-refractivity contribution < 1.29 is 14.3 Å². The van der Waals surface area contributed by atoms with Gasteiger partial charge in [-0.1, -0.05) is 57.0 Å². The fourth-order valence-corrected chi connectivity index (χ4v) is 3.23. The molecule has 3 heteroatoms. The first-order valence-electron chi connectivity index (χ1n) is 8.34. The maximum absolute atomic E-state index is 12.0. The standard InChI is InChI=1S/C19H28O3/c1-13(2)17-10-7-15(4)11-18(17)22-19(20)21-12-16-8-5-14(3)6-9-16/h5-6,8-9,13,15,17-18H,7,10-12H2,1-4H3. The van der Waals surface area contributed by atoms with Crippen LogP contribution in [0.3, 0.4) is 0 Å². The minimum atomic E-state index is -0.537. The fraction of sp³-hybridized carbons (Fsp3) is 0.632. The van der Waals surface area contributed by atoms with Crippen molar-refractivity contribution in [2.24, 2.45) is 17.8 Å². The van der Waals surface area contributed by atoms with Crippen molar-refractivity contribution in [3.63, 3.8) is 0 Å². The Morgan fingerprint density at radius 3 is 2.55 bits per heavy atom. The average molecular weight is 304 g/mol. The van der Waals surface area contributed by atoms with Gasteiger partial charge in [-0.05, 0) is 43.1 Å². The van der Waals surface area contributed by atoms with Crippen LogP contribution in [0.1, 0.15) is 51.2 Å². The number of rotatable bonds is 4. The zero-order valence-corrected chi connectivity index (χ0v) is 14.2. The highest BCUT2D eigenvalue weighted by Gasteiger charge is 2.33. The number of benzene rings is 1. The summed E-state index contributed by atoms with van der Waals surface area (Å²) in [5.41, 5.74) is 2.18. The molecule has 1 aromatic carbocycles. The Balaban J connectivity index is 1.85. The van der Waals surface area contributed by atoms with Crippen LogP contribution in [0, 0.1) is 24.7 Å². The molecule has 22 heavy (non-hydrogen) atoms. The van der Waals surface area contributed by atoms with E-state index in [1.807, 2.05) is 31.2 Å². The van der Waals surface area contributed by atoms with Gasteiger partial charge in [-0.2, -0.15) is 0 Å². The van der Waals surface area contributed by atoms with Crippen LogP contribution in [-0.2, 0) is 16.1 Å². The van der Waals surface area contributed by atoms with Crippen LogP contribution in [0.2, 0.25) is 0 Å². The molecule has 0 heterocycles. The first-order valence-corrected chi connectivity index (χ1v) is 8.34. The molecule has 1 saturated carbocycles. The highest BCUT2D eigenvalue weighted by Crippen LogP contribution is 2.35. The molecule has 0 spiro atoms. The third kappa shape index (κ3) is 4.75. The summed E-state index contributed by atoms with van der Waals surface area (Å²) in [6, 6.07) is 7.98. The van der Waals surface area contributed by atoms with Crippen LogP contribution in [-0.4, -0.2) is 12.3 Å². The Morgan fingerprint density at radius 1 is 1.23 bits per heavy atom. The minimum absolute atomic E-state index is 0.00531. The number of carbonyl (C=O) groups excluding carboxylic acids is 1. The predicted molar refractivity (Wildman–Crippen MR) is 87.6 cm³/mol. The number of ether oxygens (including phenoxy) is 2. The van der Waals surface area contributed by atoms with Gasteiger partial charge in [0.25, 0.3) is 0 Å². The topological polar surface area (TPSA) is 35.5 Å². The number of aryl methyl sites for hydroxylation is 1. The summed E-state index contributed by atoms with van der Waals surface area (Å²) in [5.74, 6) is 1.59. The summed E-state index contributed by atoms with van der Waals surface area (Å²) < 4.78 is 10.9. The molecule has 1 aliphatic carbocycles. The second-order valence-corrected chi connectivity index (χ2v) is 7.01. The molecular formula is C19H28O3. The van der Waals surface area contributed by atoms with Gasteiger partial charge in [0.1, 0.15) is 12.7 Å². The normalized spacial score (nSPS) is 25.0. The van der Waals surface area contributed by atoms with E-state index in [-0.39, 0.29) is 12.7 Å². The Morgan fingerprint density at radius 2 is 1.91 bits per heavy atom. The van der Waals surface area contributed by atoms with Crippen LogP contribution >= 0.6 is 0 Å². The summed E-state index contributed by atoms with van der Waals surface area (Å²) in [6.45, 7) is 8.94. The molecule has 2 rings (SSSR count). The molecule has 0 aromatic heterocycles. The Bertz CT molecular complexity index is 478. The molecule has 3 unspecified atom stereocenters. The lowest BCUT2D eigenvalue weighted by Crippen LogP contribution is -2.36.